The van der Waals surface area contributed by atoms with Gasteiger partial charge in [0.1, 0.15) is 0 Å². The quantitative estimate of drug-likeness (QED) is 0.850. The van der Waals surface area contributed by atoms with E-state index in [4.69, 9.17) is 0 Å². The van der Waals surface area contributed by atoms with E-state index in [9.17, 15) is 9.59 Å². The lowest BCUT2D eigenvalue weighted by Crippen LogP contribution is -2.47. The highest BCUT2D eigenvalue weighted by Gasteiger charge is 2.30. The molecular weight excluding hydrogens is 328 g/mol. The number of benzene rings is 1. The number of urea groups is 1. The van der Waals surface area contributed by atoms with Crippen molar-refractivity contribution in [2.24, 2.45) is 5.92 Å². The van der Waals surface area contributed by atoms with Crippen molar-refractivity contribution in [3.63, 3.8) is 0 Å². The van der Waals surface area contributed by atoms with Crippen molar-refractivity contribution in [2.45, 2.75) is 12.8 Å². The number of likely N-dealkylation sites (tertiary alicyclic amines) is 1. The van der Waals surface area contributed by atoms with Crippen molar-refractivity contribution in [1.29, 1.82) is 0 Å². The van der Waals surface area contributed by atoms with E-state index in [1.54, 1.807) is 9.80 Å². The van der Waals surface area contributed by atoms with Gasteiger partial charge in [0.2, 0.25) is 5.91 Å². The van der Waals surface area contributed by atoms with Crippen LogP contribution in [0, 0.1) is 5.92 Å². The van der Waals surface area contributed by atoms with Gasteiger partial charge in [-0.1, -0.05) is 18.2 Å². The average Bonchev–Trinajstić information content (AvgIpc) is 2.60. The van der Waals surface area contributed by atoms with E-state index < -0.39 is 0 Å². The minimum atomic E-state index is -0.133. The van der Waals surface area contributed by atoms with Crippen LogP contribution in [0.15, 0.2) is 30.3 Å². The molecule has 1 aromatic carbocycles. The normalized spacial score (nSPS) is 16.9. The molecule has 2 rings (SSSR count). The molecule has 1 saturated heterocycles. The fourth-order valence-electron chi connectivity index (χ4n) is 2.79. The van der Waals surface area contributed by atoms with Crippen molar-refractivity contribution in [2.75, 3.05) is 45.6 Å². The summed E-state index contributed by atoms with van der Waals surface area (Å²) >= 11 is 0. The molecule has 1 unspecified atom stereocenters. The third-order valence-electron chi connectivity index (χ3n) is 4.16. The molecule has 0 aromatic heterocycles. The van der Waals surface area contributed by atoms with Gasteiger partial charge in [0.05, 0.1) is 5.92 Å². The van der Waals surface area contributed by atoms with E-state index in [2.05, 4.69) is 10.6 Å². The van der Waals surface area contributed by atoms with Crippen LogP contribution in [0.4, 0.5) is 10.5 Å². The van der Waals surface area contributed by atoms with Crippen molar-refractivity contribution in [3.8, 4) is 0 Å². The minimum Gasteiger partial charge on any atom is -0.344 e. The maximum Gasteiger partial charge on any atom is 0.321 e. The summed E-state index contributed by atoms with van der Waals surface area (Å²) < 4.78 is 0. The van der Waals surface area contributed by atoms with E-state index in [0.29, 0.717) is 19.6 Å². The molecule has 24 heavy (non-hydrogen) atoms. The SMILES string of the molecule is CNCCN(C)C(=O)C1CCCN(C(=O)Nc2ccccc2)C1.Cl. The summed E-state index contributed by atoms with van der Waals surface area (Å²) in [5.74, 6) is 0.0181. The molecule has 2 N–H and O–H groups in total. The molecule has 1 aliphatic rings. The molecule has 1 fully saturated rings. The molecular formula is C17H27ClN4O2. The molecule has 0 bridgehead atoms. The van der Waals surface area contributed by atoms with E-state index >= 15 is 0 Å². The Morgan fingerprint density at radius 2 is 2.00 bits per heavy atom. The summed E-state index contributed by atoms with van der Waals surface area (Å²) in [6.07, 6.45) is 1.70. The summed E-state index contributed by atoms with van der Waals surface area (Å²) in [7, 11) is 3.69. The summed E-state index contributed by atoms with van der Waals surface area (Å²) in [4.78, 5) is 28.3. The maximum atomic E-state index is 12.5. The Kier molecular flexibility index (Phi) is 8.57. The number of nitrogens with one attached hydrogen (secondary N) is 2. The Hall–Kier alpha value is -1.79. The second kappa shape index (κ2) is 10.2. The Labute approximate surface area is 150 Å². The Morgan fingerprint density at radius 3 is 2.67 bits per heavy atom. The summed E-state index contributed by atoms with van der Waals surface area (Å²) in [6, 6.07) is 9.26. The lowest BCUT2D eigenvalue weighted by Gasteiger charge is -2.34. The van der Waals surface area contributed by atoms with Crippen LogP contribution in [0.25, 0.3) is 0 Å². The summed E-state index contributed by atoms with van der Waals surface area (Å²) in [5.41, 5.74) is 0.775. The number of piperidine rings is 1. The van der Waals surface area contributed by atoms with Gasteiger partial charge in [-0.2, -0.15) is 0 Å². The standard InChI is InChI=1S/C17H26N4O2.ClH/c1-18-10-12-20(2)16(22)14-7-6-11-21(13-14)17(23)19-15-8-4-3-5-9-15;/h3-5,8-9,14,18H,6-7,10-13H2,1-2H3,(H,19,23);1H. The monoisotopic (exact) mass is 354 g/mol. The number of hydrogen-bond acceptors (Lipinski definition) is 3. The van der Waals surface area contributed by atoms with Gasteiger partial charge in [-0.05, 0) is 32.0 Å². The van der Waals surface area contributed by atoms with Crippen molar-refractivity contribution in [3.05, 3.63) is 30.3 Å². The zero-order valence-corrected chi connectivity index (χ0v) is 15.1. The van der Waals surface area contributed by atoms with Crippen molar-refractivity contribution < 1.29 is 9.59 Å². The largest absolute Gasteiger partial charge is 0.344 e. The number of nitrogens with zero attached hydrogens (tertiary/aromatic N) is 2. The number of anilines is 1. The van der Waals surface area contributed by atoms with Gasteiger partial charge in [0, 0.05) is 38.9 Å². The van der Waals surface area contributed by atoms with Crippen LogP contribution in [-0.4, -0.2) is 62.0 Å². The van der Waals surface area contributed by atoms with Crippen LogP contribution < -0.4 is 10.6 Å². The minimum absolute atomic E-state index is 0. The molecule has 1 heterocycles. The van der Waals surface area contributed by atoms with Gasteiger partial charge >= 0.3 is 6.03 Å². The first-order valence-corrected chi connectivity index (χ1v) is 8.12. The Morgan fingerprint density at radius 1 is 1.29 bits per heavy atom. The molecule has 3 amide bonds. The average molecular weight is 355 g/mol. The smallest absolute Gasteiger partial charge is 0.321 e. The topological polar surface area (TPSA) is 64.7 Å². The van der Waals surface area contributed by atoms with E-state index in [-0.39, 0.29) is 30.3 Å². The first kappa shape index (κ1) is 20.3. The summed E-state index contributed by atoms with van der Waals surface area (Å²) in [6.45, 7) is 2.64. The van der Waals surface area contributed by atoms with Crippen LogP contribution in [0.1, 0.15) is 12.8 Å². The molecule has 0 aliphatic carbocycles. The Balaban J connectivity index is 0.00000288. The van der Waals surface area contributed by atoms with Gasteiger partial charge < -0.3 is 20.4 Å². The number of hydrogen-bond donors (Lipinski definition) is 2. The third kappa shape index (κ3) is 5.69. The number of halogens is 1. The number of carbonyl (C=O) groups excluding carboxylic acids is 2. The van der Waals surface area contributed by atoms with Crippen LogP contribution in [0.2, 0.25) is 0 Å². The van der Waals surface area contributed by atoms with Gasteiger partial charge in [-0.15, -0.1) is 12.4 Å². The molecule has 0 radical (unpaired) electrons. The molecule has 1 atom stereocenters. The van der Waals surface area contributed by atoms with Gasteiger partial charge in [-0.25, -0.2) is 4.79 Å². The molecule has 6 nitrogen and oxygen atoms in total. The number of para-hydroxylation sites is 1. The fourth-order valence-corrected chi connectivity index (χ4v) is 2.79. The Bertz CT molecular complexity index is 527. The van der Waals surface area contributed by atoms with E-state index in [0.717, 1.165) is 25.1 Å². The van der Waals surface area contributed by atoms with Gasteiger partial charge in [0.15, 0.2) is 0 Å². The van der Waals surface area contributed by atoms with Crippen LogP contribution in [0.3, 0.4) is 0 Å². The lowest BCUT2D eigenvalue weighted by atomic mass is 9.97. The molecule has 134 valence electrons. The van der Waals surface area contributed by atoms with Gasteiger partial charge in [-0.3, -0.25) is 4.79 Å². The number of amides is 3. The van der Waals surface area contributed by atoms with Crippen LogP contribution in [0.5, 0.6) is 0 Å². The van der Waals surface area contributed by atoms with E-state index in [1.165, 1.54) is 0 Å². The second-order valence-corrected chi connectivity index (χ2v) is 5.94. The van der Waals surface area contributed by atoms with Crippen LogP contribution in [-0.2, 0) is 4.79 Å². The molecule has 0 spiro atoms. The highest BCUT2D eigenvalue weighted by atomic mass is 35.5. The van der Waals surface area contributed by atoms with E-state index in [1.807, 2.05) is 44.4 Å². The van der Waals surface area contributed by atoms with Gasteiger partial charge in [0.25, 0.3) is 0 Å². The molecule has 1 aromatic rings. The highest BCUT2D eigenvalue weighted by Crippen LogP contribution is 2.19. The predicted molar refractivity (Wildman–Crippen MR) is 98.6 cm³/mol. The fraction of sp³-hybridized carbons (Fsp3) is 0.529. The highest BCUT2D eigenvalue weighted by molar-refractivity contribution is 5.90. The molecule has 0 saturated carbocycles. The molecule has 7 heteroatoms. The maximum absolute atomic E-state index is 12.5. The third-order valence-corrected chi connectivity index (χ3v) is 4.16. The first-order chi connectivity index (χ1) is 11.1. The number of carbonyl (C=O) groups is 2. The molecule has 1 aliphatic heterocycles. The first-order valence-electron chi connectivity index (χ1n) is 8.12. The van der Waals surface area contributed by atoms with Crippen molar-refractivity contribution >= 4 is 30.0 Å². The lowest BCUT2D eigenvalue weighted by molar-refractivity contribution is -0.135. The van der Waals surface area contributed by atoms with Crippen LogP contribution >= 0.6 is 12.4 Å². The zero-order chi connectivity index (χ0) is 16.7. The summed E-state index contributed by atoms with van der Waals surface area (Å²) in [5, 5.41) is 5.93. The van der Waals surface area contributed by atoms with Crippen molar-refractivity contribution in [1.82, 2.24) is 15.1 Å². The predicted octanol–water partition coefficient (Wildman–Crippen LogP) is 2.03. The second-order valence-electron chi connectivity index (χ2n) is 5.94. The number of likely N-dealkylation sites (N-methyl/N-ethyl adjacent to an activating group) is 2. The number of rotatable bonds is 5. The zero-order valence-electron chi connectivity index (χ0n) is 14.3.